The first kappa shape index (κ1) is 23.9. The standard InChI is InChI=1S/C24H27F2N3O2S/c1-15(2)12-28(13-16(3)4)22(30)14-32-24-27-20-8-6-5-7-18(20)23(31)29(24)21-10-9-17(25)11-19(21)26/h5-11,15-16H,12-14H2,1-4H3. The Hall–Kier alpha value is -2.74. The summed E-state index contributed by atoms with van der Waals surface area (Å²) in [6.45, 7) is 9.45. The Bertz CT molecular complexity index is 1170. The molecule has 0 fully saturated rings. The summed E-state index contributed by atoms with van der Waals surface area (Å²) in [6.07, 6.45) is 0. The lowest BCUT2D eigenvalue weighted by Crippen LogP contribution is -2.38. The van der Waals surface area contributed by atoms with Gasteiger partial charge in [0.05, 0.1) is 22.3 Å². The summed E-state index contributed by atoms with van der Waals surface area (Å²) in [4.78, 5) is 32.5. The smallest absolute Gasteiger partial charge is 0.266 e. The fourth-order valence-electron chi connectivity index (χ4n) is 3.46. The quantitative estimate of drug-likeness (QED) is 0.355. The first-order valence-electron chi connectivity index (χ1n) is 10.5. The molecule has 0 unspecified atom stereocenters. The number of thioether (sulfide) groups is 1. The molecule has 0 aliphatic rings. The summed E-state index contributed by atoms with van der Waals surface area (Å²) in [6, 6.07) is 9.77. The van der Waals surface area contributed by atoms with Gasteiger partial charge >= 0.3 is 0 Å². The molecule has 3 aromatic rings. The Morgan fingerprint density at radius 1 is 1.06 bits per heavy atom. The maximum absolute atomic E-state index is 14.6. The van der Waals surface area contributed by atoms with Gasteiger partial charge in [-0.2, -0.15) is 0 Å². The molecule has 0 saturated carbocycles. The number of amides is 1. The minimum Gasteiger partial charge on any atom is -0.341 e. The third-order valence-electron chi connectivity index (χ3n) is 4.74. The lowest BCUT2D eigenvalue weighted by molar-refractivity contribution is -0.129. The summed E-state index contributed by atoms with van der Waals surface area (Å²) in [5.74, 6) is -1.02. The van der Waals surface area contributed by atoms with Crippen LogP contribution in [-0.2, 0) is 4.79 Å². The van der Waals surface area contributed by atoms with Crippen LogP contribution in [-0.4, -0.2) is 39.2 Å². The number of para-hydroxylation sites is 1. The third kappa shape index (κ3) is 5.54. The van der Waals surface area contributed by atoms with Crippen molar-refractivity contribution in [2.24, 2.45) is 11.8 Å². The number of aromatic nitrogens is 2. The van der Waals surface area contributed by atoms with Crippen molar-refractivity contribution in [3.05, 3.63) is 64.5 Å². The van der Waals surface area contributed by atoms with E-state index in [-0.39, 0.29) is 22.5 Å². The number of hydrogen-bond acceptors (Lipinski definition) is 4. The first-order chi connectivity index (χ1) is 15.2. The van der Waals surface area contributed by atoms with E-state index < -0.39 is 17.2 Å². The topological polar surface area (TPSA) is 55.2 Å². The van der Waals surface area contributed by atoms with Crippen molar-refractivity contribution in [1.29, 1.82) is 0 Å². The molecule has 0 atom stereocenters. The summed E-state index contributed by atoms with van der Waals surface area (Å²) >= 11 is 1.07. The van der Waals surface area contributed by atoms with Gasteiger partial charge in [0.1, 0.15) is 11.6 Å². The van der Waals surface area contributed by atoms with Gasteiger partial charge in [0.2, 0.25) is 5.91 Å². The molecule has 0 bridgehead atoms. The fraction of sp³-hybridized carbons (Fsp3) is 0.375. The number of nitrogens with zero attached hydrogens (tertiary/aromatic N) is 3. The van der Waals surface area contributed by atoms with Crippen LogP contribution in [0.15, 0.2) is 52.4 Å². The highest BCUT2D eigenvalue weighted by Gasteiger charge is 2.20. The Kier molecular flexibility index (Phi) is 7.66. The SMILES string of the molecule is CC(C)CN(CC(C)C)C(=O)CSc1nc2ccccc2c(=O)n1-c1ccc(F)cc1F. The molecule has 170 valence electrons. The molecular formula is C24H27F2N3O2S. The minimum atomic E-state index is -0.876. The summed E-state index contributed by atoms with van der Waals surface area (Å²) < 4.78 is 29.2. The second-order valence-corrected chi connectivity index (χ2v) is 9.47. The molecule has 1 amide bonds. The first-order valence-corrected chi connectivity index (χ1v) is 11.5. The molecule has 1 aromatic heterocycles. The Morgan fingerprint density at radius 3 is 2.34 bits per heavy atom. The van der Waals surface area contributed by atoms with Gasteiger partial charge in [-0.25, -0.2) is 13.8 Å². The molecule has 0 saturated heterocycles. The number of hydrogen-bond donors (Lipinski definition) is 0. The number of fused-ring (bicyclic) bond motifs is 1. The average molecular weight is 460 g/mol. The Labute approximate surface area is 190 Å². The molecule has 32 heavy (non-hydrogen) atoms. The van der Waals surface area contributed by atoms with Gasteiger partial charge in [-0.15, -0.1) is 0 Å². The zero-order valence-electron chi connectivity index (χ0n) is 18.6. The van der Waals surface area contributed by atoms with E-state index in [1.54, 1.807) is 24.3 Å². The van der Waals surface area contributed by atoms with Crippen molar-refractivity contribution in [1.82, 2.24) is 14.5 Å². The Morgan fingerprint density at radius 2 is 1.72 bits per heavy atom. The fourth-order valence-corrected chi connectivity index (χ4v) is 4.37. The molecule has 0 spiro atoms. The van der Waals surface area contributed by atoms with E-state index >= 15 is 0 Å². The second-order valence-electron chi connectivity index (χ2n) is 8.52. The van der Waals surface area contributed by atoms with E-state index in [4.69, 9.17) is 0 Å². The highest BCUT2D eigenvalue weighted by atomic mass is 32.2. The maximum Gasteiger partial charge on any atom is 0.266 e. The van der Waals surface area contributed by atoms with E-state index in [0.29, 0.717) is 35.8 Å². The Balaban J connectivity index is 2.01. The molecular weight excluding hydrogens is 432 g/mol. The molecule has 0 aliphatic carbocycles. The zero-order valence-corrected chi connectivity index (χ0v) is 19.5. The lowest BCUT2D eigenvalue weighted by Gasteiger charge is -2.26. The van der Waals surface area contributed by atoms with Gasteiger partial charge in [0, 0.05) is 19.2 Å². The second kappa shape index (κ2) is 10.3. The van der Waals surface area contributed by atoms with Crippen LogP contribution in [0, 0.1) is 23.5 Å². The molecule has 0 N–H and O–H groups in total. The van der Waals surface area contributed by atoms with E-state index in [1.165, 1.54) is 6.07 Å². The lowest BCUT2D eigenvalue weighted by atomic mass is 10.1. The predicted octanol–water partition coefficient (Wildman–Crippen LogP) is 4.90. The van der Waals surface area contributed by atoms with Crippen LogP contribution < -0.4 is 5.56 Å². The van der Waals surface area contributed by atoms with Crippen molar-refractivity contribution in [2.75, 3.05) is 18.8 Å². The van der Waals surface area contributed by atoms with Crippen molar-refractivity contribution >= 4 is 28.6 Å². The largest absolute Gasteiger partial charge is 0.341 e. The number of carbonyl (C=O) groups is 1. The van der Waals surface area contributed by atoms with Crippen LogP contribution in [0.3, 0.4) is 0 Å². The third-order valence-corrected chi connectivity index (χ3v) is 5.67. The monoisotopic (exact) mass is 459 g/mol. The van der Waals surface area contributed by atoms with Gasteiger partial charge in [0.15, 0.2) is 5.16 Å². The van der Waals surface area contributed by atoms with E-state index in [2.05, 4.69) is 4.98 Å². The van der Waals surface area contributed by atoms with Gasteiger partial charge in [-0.3, -0.25) is 14.2 Å². The minimum absolute atomic E-state index is 0.0486. The van der Waals surface area contributed by atoms with Crippen LogP contribution >= 0.6 is 11.8 Å². The van der Waals surface area contributed by atoms with Crippen LogP contribution in [0.2, 0.25) is 0 Å². The molecule has 0 radical (unpaired) electrons. The van der Waals surface area contributed by atoms with Crippen LogP contribution in [0.25, 0.3) is 16.6 Å². The van der Waals surface area contributed by atoms with Crippen LogP contribution in [0.4, 0.5) is 8.78 Å². The van der Waals surface area contributed by atoms with E-state index in [1.807, 2.05) is 32.6 Å². The van der Waals surface area contributed by atoms with Gasteiger partial charge in [-0.1, -0.05) is 51.6 Å². The highest BCUT2D eigenvalue weighted by molar-refractivity contribution is 7.99. The highest BCUT2D eigenvalue weighted by Crippen LogP contribution is 2.24. The normalized spacial score (nSPS) is 11.5. The predicted molar refractivity (Wildman–Crippen MR) is 124 cm³/mol. The van der Waals surface area contributed by atoms with Crippen molar-refractivity contribution in [3.8, 4) is 5.69 Å². The van der Waals surface area contributed by atoms with Crippen molar-refractivity contribution in [2.45, 2.75) is 32.9 Å². The molecule has 1 heterocycles. The van der Waals surface area contributed by atoms with Gasteiger partial charge < -0.3 is 4.90 Å². The summed E-state index contributed by atoms with van der Waals surface area (Å²) in [7, 11) is 0. The van der Waals surface area contributed by atoms with Crippen molar-refractivity contribution < 1.29 is 13.6 Å². The number of halogens is 2. The van der Waals surface area contributed by atoms with Crippen LogP contribution in [0.1, 0.15) is 27.7 Å². The van der Waals surface area contributed by atoms with E-state index in [0.717, 1.165) is 28.5 Å². The zero-order chi connectivity index (χ0) is 23.4. The summed E-state index contributed by atoms with van der Waals surface area (Å²) in [5, 5.41) is 0.495. The van der Waals surface area contributed by atoms with Crippen molar-refractivity contribution in [3.63, 3.8) is 0 Å². The number of benzene rings is 2. The molecule has 3 rings (SSSR count). The summed E-state index contributed by atoms with van der Waals surface area (Å²) in [5.41, 5.74) is -0.129. The average Bonchev–Trinajstić information content (AvgIpc) is 2.72. The maximum atomic E-state index is 14.6. The van der Waals surface area contributed by atoms with Gasteiger partial charge in [0.25, 0.3) is 5.56 Å². The number of rotatable bonds is 8. The van der Waals surface area contributed by atoms with E-state index in [9.17, 15) is 18.4 Å². The number of carbonyl (C=O) groups excluding carboxylic acids is 1. The van der Waals surface area contributed by atoms with Gasteiger partial charge in [-0.05, 0) is 36.1 Å². The molecule has 8 heteroatoms. The molecule has 0 aliphatic heterocycles. The molecule has 2 aromatic carbocycles. The molecule has 5 nitrogen and oxygen atoms in total. The van der Waals surface area contributed by atoms with Crippen LogP contribution in [0.5, 0.6) is 0 Å².